The molecule has 0 aliphatic heterocycles. The van der Waals surface area contributed by atoms with Crippen molar-refractivity contribution in [2.75, 3.05) is 33.2 Å². The molecule has 0 saturated carbocycles. The van der Waals surface area contributed by atoms with E-state index in [9.17, 15) is 0 Å². The highest BCUT2D eigenvalue weighted by Gasteiger charge is 2.22. The van der Waals surface area contributed by atoms with Crippen molar-refractivity contribution in [2.24, 2.45) is 4.99 Å². The highest BCUT2D eigenvalue weighted by molar-refractivity contribution is 14.0. The zero-order valence-electron chi connectivity index (χ0n) is 15.3. The van der Waals surface area contributed by atoms with Gasteiger partial charge in [0.25, 0.3) is 0 Å². The normalized spacial score (nSPS) is 13.6. The molecule has 0 aliphatic carbocycles. The Bertz CT molecular complexity index is 441. The molecule has 0 aliphatic rings. The molecule has 1 aromatic heterocycles. The topological polar surface area (TPSA) is 39.7 Å². The van der Waals surface area contributed by atoms with Crippen molar-refractivity contribution in [1.29, 1.82) is 0 Å². The van der Waals surface area contributed by atoms with E-state index in [4.69, 9.17) is 0 Å². The third kappa shape index (κ3) is 7.39. The van der Waals surface area contributed by atoms with Gasteiger partial charge in [0.2, 0.25) is 0 Å². The molecule has 1 rings (SSSR count). The van der Waals surface area contributed by atoms with Gasteiger partial charge in [-0.1, -0.05) is 33.8 Å². The number of thiophene rings is 1. The minimum Gasteiger partial charge on any atom is -0.356 e. The average Bonchev–Trinajstić information content (AvgIpc) is 3.03. The summed E-state index contributed by atoms with van der Waals surface area (Å²) >= 11 is 1.81. The van der Waals surface area contributed by atoms with Crippen molar-refractivity contribution in [3.63, 3.8) is 0 Å². The Morgan fingerprint density at radius 3 is 2.43 bits per heavy atom. The maximum absolute atomic E-state index is 4.33. The van der Waals surface area contributed by atoms with Crippen LogP contribution >= 0.6 is 35.3 Å². The number of halogens is 1. The van der Waals surface area contributed by atoms with Crippen LogP contribution in [0.4, 0.5) is 0 Å². The fourth-order valence-electron chi connectivity index (χ4n) is 2.50. The SMILES string of the molecule is CCN(CC)C(C)CNC(=NC)NCC(C)(C)c1cccs1.I. The summed E-state index contributed by atoms with van der Waals surface area (Å²) in [6, 6.07) is 4.81. The van der Waals surface area contributed by atoms with E-state index < -0.39 is 0 Å². The highest BCUT2D eigenvalue weighted by Crippen LogP contribution is 2.26. The van der Waals surface area contributed by atoms with E-state index >= 15 is 0 Å². The molecule has 0 saturated heterocycles. The molecular formula is C17H33IN4S. The third-order valence-corrected chi connectivity index (χ3v) is 5.35. The van der Waals surface area contributed by atoms with Crippen LogP contribution in [0.5, 0.6) is 0 Å². The predicted octanol–water partition coefficient (Wildman–Crippen LogP) is 3.54. The molecule has 4 nitrogen and oxygen atoms in total. The number of hydrogen-bond donors (Lipinski definition) is 2. The predicted molar refractivity (Wildman–Crippen MR) is 115 cm³/mol. The largest absolute Gasteiger partial charge is 0.356 e. The second-order valence-corrected chi connectivity index (χ2v) is 7.19. The molecule has 0 aromatic carbocycles. The van der Waals surface area contributed by atoms with Crippen molar-refractivity contribution in [1.82, 2.24) is 15.5 Å². The number of guanidine groups is 1. The molecule has 2 N–H and O–H groups in total. The maximum Gasteiger partial charge on any atom is 0.191 e. The van der Waals surface area contributed by atoms with Gasteiger partial charge in [-0.3, -0.25) is 9.89 Å². The quantitative estimate of drug-likeness (QED) is 0.360. The van der Waals surface area contributed by atoms with Crippen LogP contribution < -0.4 is 10.6 Å². The first-order valence-corrected chi connectivity index (χ1v) is 9.05. The van der Waals surface area contributed by atoms with Crippen LogP contribution in [0.3, 0.4) is 0 Å². The Balaban J connectivity index is 0.00000484. The lowest BCUT2D eigenvalue weighted by Crippen LogP contribution is -2.48. The van der Waals surface area contributed by atoms with Crippen molar-refractivity contribution in [3.05, 3.63) is 22.4 Å². The summed E-state index contributed by atoms with van der Waals surface area (Å²) in [5.74, 6) is 0.878. The number of rotatable bonds is 8. The van der Waals surface area contributed by atoms with Gasteiger partial charge in [0.05, 0.1) is 0 Å². The van der Waals surface area contributed by atoms with E-state index in [1.54, 1.807) is 0 Å². The van der Waals surface area contributed by atoms with E-state index in [1.165, 1.54) is 4.88 Å². The summed E-state index contributed by atoms with van der Waals surface area (Å²) in [7, 11) is 1.83. The molecule has 6 heteroatoms. The number of likely N-dealkylation sites (N-methyl/N-ethyl adjacent to an activating group) is 1. The van der Waals surface area contributed by atoms with E-state index in [-0.39, 0.29) is 29.4 Å². The second kappa shape index (κ2) is 11.3. The van der Waals surface area contributed by atoms with Gasteiger partial charge in [0.1, 0.15) is 0 Å². The number of hydrogen-bond acceptors (Lipinski definition) is 3. The van der Waals surface area contributed by atoms with Crippen LogP contribution in [0.15, 0.2) is 22.5 Å². The van der Waals surface area contributed by atoms with Gasteiger partial charge >= 0.3 is 0 Å². The van der Waals surface area contributed by atoms with Crippen molar-refractivity contribution in [2.45, 2.75) is 46.1 Å². The Hall–Kier alpha value is -0.340. The van der Waals surface area contributed by atoms with Gasteiger partial charge < -0.3 is 10.6 Å². The second-order valence-electron chi connectivity index (χ2n) is 6.24. The summed E-state index contributed by atoms with van der Waals surface area (Å²) in [5, 5.41) is 9.03. The maximum atomic E-state index is 4.33. The smallest absolute Gasteiger partial charge is 0.191 e. The summed E-state index contributed by atoms with van der Waals surface area (Å²) < 4.78 is 0. The first kappa shape index (κ1) is 22.7. The third-order valence-electron chi connectivity index (χ3n) is 4.11. The van der Waals surface area contributed by atoms with E-state index in [0.29, 0.717) is 6.04 Å². The van der Waals surface area contributed by atoms with Crippen LogP contribution in [-0.4, -0.2) is 50.1 Å². The van der Waals surface area contributed by atoms with Gasteiger partial charge in [0, 0.05) is 36.5 Å². The number of aliphatic imine (C=N–C) groups is 1. The summed E-state index contributed by atoms with van der Waals surface area (Å²) in [6.07, 6.45) is 0. The molecule has 0 amide bonds. The van der Waals surface area contributed by atoms with Crippen molar-refractivity contribution >= 4 is 41.3 Å². The molecule has 1 heterocycles. The van der Waals surface area contributed by atoms with E-state index in [2.05, 4.69) is 72.7 Å². The van der Waals surface area contributed by atoms with Gasteiger partial charge in [-0.25, -0.2) is 0 Å². The Morgan fingerprint density at radius 2 is 1.96 bits per heavy atom. The highest BCUT2D eigenvalue weighted by atomic mass is 127. The standard InChI is InChI=1S/C17H32N4S.HI/c1-7-21(8-2)14(3)12-19-16(18-6)20-13-17(4,5)15-10-9-11-22-15;/h9-11,14H,7-8,12-13H2,1-6H3,(H2,18,19,20);1H. The first-order valence-electron chi connectivity index (χ1n) is 8.17. The molecular weight excluding hydrogens is 419 g/mol. The Morgan fingerprint density at radius 1 is 1.30 bits per heavy atom. The van der Waals surface area contributed by atoms with Crippen molar-refractivity contribution in [3.8, 4) is 0 Å². The van der Waals surface area contributed by atoms with E-state index in [1.807, 2.05) is 18.4 Å². The average molecular weight is 452 g/mol. The molecule has 1 aromatic rings. The zero-order chi connectivity index (χ0) is 16.6. The summed E-state index contributed by atoms with van der Waals surface area (Å²) in [5.41, 5.74) is 0.107. The molecule has 1 unspecified atom stereocenters. The Kier molecular flexibility index (Phi) is 11.1. The first-order chi connectivity index (χ1) is 10.4. The molecule has 0 spiro atoms. The summed E-state index contributed by atoms with van der Waals surface area (Å²) in [4.78, 5) is 8.17. The van der Waals surface area contributed by atoms with Crippen LogP contribution in [-0.2, 0) is 5.41 Å². The van der Waals surface area contributed by atoms with E-state index in [0.717, 1.165) is 32.1 Å². The fraction of sp³-hybridized carbons (Fsp3) is 0.706. The van der Waals surface area contributed by atoms with Gasteiger partial charge in [0.15, 0.2) is 5.96 Å². The van der Waals surface area contributed by atoms with Crippen LogP contribution in [0.1, 0.15) is 39.5 Å². The molecule has 134 valence electrons. The number of nitrogens with zero attached hydrogens (tertiary/aromatic N) is 2. The van der Waals surface area contributed by atoms with Gasteiger partial charge in [-0.05, 0) is 31.5 Å². The Labute approximate surface area is 163 Å². The molecule has 0 radical (unpaired) electrons. The van der Waals surface area contributed by atoms with Crippen LogP contribution in [0, 0.1) is 0 Å². The lowest BCUT2D eigenvalue weighted by Gasteiger charge is -2.28. The minimum atomic E-state index is 0. The monoisotopic (exact) mass is 452 g/mol. The lowest BCUT2D eigenvalue weighted by molar-refractivity contribution is 0.231. The van der Waals surface area contributed by atoms with Gasteiger partial charge in [-0.2, -0.15) is 0 Å². The fourth-order valence-corrected chi connectivity index (χ4v) is 3.35. The molecule has 0 bridgehead atoms. The summed E-state index contributed by atoms with van der Waals surface area (Å²) in [6.45, 7) is 15.1. The lowest BCUT2D eigenvalue weighted by atomic mass is 9.91. The molecule has 23 heavy (non-hydrogen) atoms. The minimum absolute atomic E-state index is 0. The molecule has 0 fully saturated rings. The van der Waals surface area contributed by atoms with Crippen molar-refractivity contribution < 1.29 is 0 Å². The zero-order valence-corrected chi connectivity index (χ0v) is 18.5. The van der Waals surface area contributed by atoms with Crippen LogP contribution in [0.25, 0.3) is 0 Å². The molecule has 1 atom stereocenters. The number of nitrogens with one attached hydrogen (secondary N) is 2. The van der Waals surface area contributed by atoms with Gasteiger partial charge in [-0.15, -0.1) is 35.3 Å². The van der Waals surface area contributed by atoms with Crippen LogP contribution in [0.2, 0.25) is 0 Å².